The van der Waals surface area contributed by atoms with Crippen LogP contribution in [0, 0.1) is 0 Å². The van der Waals surface area contributed by atoms with Crippen LogP contribution in [0.3, 0.4) is 0 Å². The Morgan fingerprint density at radius 1 is 1.26 bits per heavy atom. The van der Waals surface area contributed by atoms with Crippen LogP contribution in [-0.2, 0) is 22.9 Å². The maximum atomic E-state index is 12.3. The summed E-state index contributed by atoms with van der Waals surface area (Å²) in [5.74, 6) is 0.0186. The third kappa shape index (κ3) is 4.40. The van der Waals surface area contributed by atoms with E-state index in [0.717, 1.165) is 11.3 Å². The summed E-state index contributed by atoms with van der Waals surface area (Å²) in [6.45, 7) is 3.18. The maximum absolute atomic E-state index is 12.3. The van der Waals surface area contributed by atoms with Crippen molar-refractivity contribution in [3.63, 3.8) is 0 Å². The first kappa shape index (κ1) is 17.7. The van der Waals surface area contributed by atoms with Crippen molar-refractivity contribution in [1.82, 2.24) is 14.5 Å². The van der Waals surface area contributed by atoms with Gasteiger partial charge in [-0.25, -0.2) is 13.4 Å². The molecular weight excluding hydrogens is 314 g/mol. The monoisotopic (exact) mass is 337 g/mol. The van der Waals surface area contributed by atoms with E-state index in [0.29, 0.717) is 19.6 Å². The molecule has 0 aliphatic rings. The summed E-state index contributed by atoms with van der Waals surface area (Å²) in [5.41, 5.74) is 1.83. The van der Waals surface area contributed by atoms with Gasteiger partial charge >= 0.3 is 0 Å². The van der Waals surface area contributed by atoms with Crippen molar-refractivity contribution in [1.29, 1.82) is 0 Å². The topological polar surface area (TPSA) is 75.4 Å². The molecular formula is C16H23N3O3S. The lowest BCUT2D eigenvalue weighted by Crippen LogP contribution is -2.24. The summed E-state index contributed by atoms with van der Waals surface area (Å²) in [6, 6.07) is 9.71. The third-order valence-electron chi connectivity index (χ3n) is 3.66. The maximum Gasteiger partial charge on any atom is 0.228 e. The molecule has 0 saturated heterocycles. The molecule has 0 unspecified atom stereocenters. The van der Waals surface area contributed by atoms with E-state index in [9.17, 15) is 8.42 Å². The average Bonchev–Trinajstić information content (AvgIpc) is 2.92. The summed E-state index contributed by atoms with van der Waals surface area (Å²) in [5, 5.41) is 9.14. The van der Waals surface area contributed by atoms with Gasteiger partial charge in [-0.3, -0.25) is 4.90 Å². The molecule has 0 radical (unpaired) electrons. The summed E-state index contributed by atoms with van der Waals surface area (Å²) in [7, 11) is -1.51. The van der Waals surface area contributed by atoms with Crippen LogP contribution in [0.1, 0.15) is 18.2 Å². The Kier molecular flexibility index (Phi) is 5.92. The largest absolute Gasteiger partial charge is 0.395 e. The Morgan fingerprint density at radius 3 is 2.57 bits per heavy atom. The van der Waals surface area contributed by atoms with Gasteiger partial charge in [0.25, 0.3) is 0 Å². The molecule has 0 aliphatic carbocycles. The quantitative estimate of drug-likeness (QED) is 0.782. The van der Waals surface area contributed by atoms with Crippen molar-refractivity contribution in [3.05, 3.63) is 47.8 Å². The van der Waals surface area contributed by atoms with Crippen LogP contribution < -0.4 is 0 Å². The lowest BCUT2D eigenvalue weighted by Gasteiger charge is -2.17. The summed E-state index contributed by atoms with van der Waals surface area (Å²) < 4.78 is 26.4. The highest BCUT2D eigenvalue weighted by molar-refractivity contribution is 7.91. The highest BCUT2D eigenvalue weighted by Gasteiger charge is 2.22. The molecule has 0 spiro atoms. The number of hydrogen-bond donors (Lipinski definition) is 1. The van der Waals surface area contributed by atoms with Crippen LogP contribution in [0.2, 0.25) is 0 Å². The molecule has 1 aromatic carbocycles. The number of hydrogen-bond acceptors (Lipinski definition) is 5. The summed E-state index contributed by atoms with van der Waals surface area (Å²) in [4.78, 5) is 6.09. The number of aliphatic hydroxyl groups excluding tert-OH is 1. The first-order valence-electron chi connectivity index (χ1n) is 7.58. The molecule has 7 heteroatoms. The van der Waals surface area contributed by atoms with E-state index in [1.165, 1.54) is 0 Å². The Bertz CT molecular complexity index is 726. The van der Waals surface area contributed by atoms with Gasteiger partial charge < -0.3 is 9.67 Å². The van der Waals surface area contributed by atoms with E-state index in [2.05, 4.69) is 4.98 Å². The van der Waals surface area contributed by atoms with Crippen LogP contribution >= 0.6 is 0 Å². The highest BCUT2D eigenvalue weighted by Crippen LogP contribution is 2.17. The van der Waals surface area contributed by atoms with Gasteiger partial charge in [-0.15, -0.1) is 0 Å². The zero-order chi connectivity index (χ0) is 16.9. The van der Waals surface area contributed by atoms with Gasteiger partial charge in [0.05, 0.1) is 30.8 Å². The highest BCUT2D eigenvalue weighted by atomic mass is 32.2. The second-order valence-corrected chi connectivity index (χ2v) is 7.64. The number of sulfone groups is 1. The zero-order valence-corrected chi connectivity index (χ0v) is 14.3. The molecule has 1 heterocycles. The van der Waals surface area contributed by atoms with E-state index in [-0.39, 0.29) is 17.5 Å². The number of rotatable bonds is 8. The lowest BCUT2D eigenvalue weighted by molar-refractivity contribution is 0.214. The van der Waals surface area contributed by atoms with E-state index in [1.807, 2.05) is 42.3 Å². The minimum Gasteiger partial charge on any atom is -0.395 e. The van der Waals surface area contributed by atoms with E-state index in [1.54, 1.807) is 17.7 Å². The van der Waals surface area contributed by atoms with Crippen LogP contribution in [0.15, 0.2) is 41.7 Å². The zero-order valence-electron chi connectivity index (χ0n) is 13.5. The van der Waals surface area contributed by atoms with Crippen LogP contribution in [-0.4, -0.2) is 53.9 Å². The van der Waals surface area contributed by atoms with Crippen molar-refractivity contribution in [2.24, 2.45) is 0 Å². The van der Waals surface area contributed by atoms with Gasteiger partial charge in [0.2, 0.25) is 15.0 Å². The van der Waals surface area contributed by atoms with Crippen LogP contribution in [0.4, 0.5) is 0 Å². The minimum atomic E-state index is -3.39. The first-order valence-corrected chi connectivity index (χ1v) is 9.23. The second-order valence-electron chi connectivity index (χ2n) is 5.47. The molecule has 0 amide bonds. The number of aliphatic hydroxyl groups is 1. The summed E-state index contributed by atoms with van der Waals surface area (Å²) >= 11 is 0. The number of nitrogens with zero attached hydrogens (tertiary/aromatic N) is 3. The Morgan fingerprint density at radius 2 is 1.96 bits per heavy atom. The Hall–Kier alpha value is -1.70. The van der Waals surface area contributed by atoms with Crippen molar-refractivity contribution < 1.29 is 13.5 Å². The minimum absolute atomic E-state index is 0.0186. The van der Waals surface area contributed by atoms with Gasteiger partial charge in [-0.1, -0.05) is 37.3 Å². The Labute approximate surface area is 137 Å². The number of imidazole rings is 1. The molecule has 6 nitrogen and oxygen atoms in total. The predicted octanol–water partition coefficient (Wildman–Crippen LogP) is 1.15. The smallest absolute Gasteiger partial charge is 0.228 e. The molecule has 1 aromatic heterocycles. The van der Waals surface area contributed by atoms with Gasteiger partial charge in [0.1, 0.15) is 0 Å². The number of aromatic nitrogens is 2. The number of benzene rings is 1. The average molecular weight is 337 g/mol. The fourth-order valence-electron chi connectivity index (χ4n) is 2.36. The fraction of sp³-hybridized carbons (Fsp3) is 0.438. The molecule has 2 aromatic rings. The normalized spacial score (nSPS) is 12.0. The predicted molar refractivity (Wildman–Crippen MR) is 88.9 cm³/mol. The van der Waals surface area contributed by atoms with Crippen LogP contribution in [0.25, 0.3) is 0 Å². The third-order valence-corrected chi connectivity index (χ3v) is 5.30. The molecule has 0 aliphatic heterocycles. The van der Waals surface area contributed by atoms with Crippen molar-refractivity contribution in [2.45, 2.75) is 25.2 Å². The molecule has 0 saturated carbocycles. The van der Waals surface area contributed by atoms with Crippen molar-refractivity contribution >= 4 is 9.84 Å². The van der Waals surface area contributed by atoms with Gasteiger partial charge in [-0.05, 0) is 12.6 Å². The molecule has 0 bridgehead atoms. The Balaban J connectivity index is 2.39. The lowest BCUT2D eigenvalue weighted by atomic mass is 10.2. The van der Waals surface area contributed by atoms with Gasteiger partial charge in [-0.2, -0.15) is 0 Å². The van der Waals surface area contributed by atoms with Gasteiger partial charge in [0, 0.05) is 13.1 Å². The SMILES string of the molecule is CCS(=O)(=O)c1ncc(CN(C)CCO)n1Cc1ccccc1. The molecule has 0 fully saturated rings. The first-order chi connectivity index (χ1) is 11.0. The van der Waals surface area contributed by atoms with E-state index in [4.69, 9.17) is 5.11 Å². The van der Waals surface area contributed by atoms with Crippen LogP contribution in [0.5, 0.6) is 0 Å². The fourth-order valence-corrected chi connectivity index (χ4v) is 3.35. The summed E-state index contributed by atoms with van der Waals surface area (Å²) in [6.07, 6.45) is 1.61. The molecule has 0 atom stereocenters. The molecule has 126 valence electrons. The number of likely N-dealkylation sites (N-methyl/N-ethyl adjacent to an activating group) is 1. The van der Waals surface area contributed by atoms with Gasteiger partial charge in [0.15, 0.2) is 0 Å². The van der Waals surface area contributed by atoms with Crippen molar-refractivity contribution in [2.75, 3.05) is 26.0 Å². The van der Waals surface area contributed by atoms with Crippen molar-refractivity contribution in [3.8, 4) is 0 Å². The standard InChI is InChI=1S/C16H23N3O3S/c1-3-23(21,22)16-17-11-15(13-18(2)9-10-20)19(16)12-14-7-5-4-6-8-14/h4-8,11,20H,3,9-10,12-13H2,1-2H3. The second kappa shape index (κ2) is 7.72. The molecule has 1 N–H and O–H groups in total. The molecule has 2 rings (SSSR count). The van der Waals surface area contributed by atoms with E-state index >= 15 is 0 Å². The molecule has 23 heavy (non-hydrogen) atoms. The van der Waals surface area contributed by atoms with E-state index < -0.39 is 9.84 Å².